The van der Waals surface area contributed by atoms with Crippen molar-refractivity contribution in [1.82, 2.24) is 4.98 Å². The quantitative estimate of drug-likeness (QED) is 0.783. The number of carbonyl (C=O) groups is 2. The summed E-state index contributed by atoms with van der Waals surface area (Å²) in [4.78, 5) is 30.1. The number of H-pyrrole nitrogens is 1. The molecule has 108 valence electrons. The van der Waals surface area contributed by atoms with E-state index in [-0.39, 0.29) is 12.1 Å². The number of hydrogen-bond acceptors (Lipinski definition) is 4. The smallest absolute Gasteiger partial charge is 0.354 e. The summed E-state index contributed by atoms with van der Waals surface area (Å²) in [7, 11) is 0. The minimum absolute atomic E-state index is 0.239. The third-order valence-electron chi connectivity index (χ3n) is 3.52. The van der Waals surface area contributed by atoms with Gasteiger partial charge in [0.2, 0.25) is 6.10 Å². The number of oxime groups is 1. The molecule has 0 aliphatic carbocycles. The van der Waals surface area contributed by atoms with Crippen LogP contribution >= 0.6 is 0 Å². The number of nitrogens with zero attached hydrogens (tertiary/aromatic N) is 1. The van der Waals surface area contributed by atoms with E-state index in [0.717, 1.165) is 16.5 Å². The van der Waals surface area contributed by atoms with Crippen LogP contribution in [0.1, 0.15) is 5.56 Å². The minimum Gasteiger partial charge on any atom is -0.478 e. The second kappa shape index (κ2) is 4.93. The molecular weight excluding hydrogens is 276 g/mol. The minimum atomic E-state index is -1.27. The topological polar surface area (TPSA) is 112 Å². The Bertz CT molecular complexity index is 749. The second-order valence-corrected chi connectivity index (χ2v) is 4.86. The number of nitrogens with one attached hydrogen (secondary N) is 1. The zero-order valence-electron chi connectivity index (χ0n) is 10.8. The van der Waals surface area contributed by atoms with Crippen LogP contribution < -0.4 is 0 Å². The lowest BCUT2D eigenvalue weighted by atomic mass is 9.90. The SMILES string of the molecule is O=C(O)C1=NOC(C(=O)O)C1Cc1ccc2[nH]ccc2c1. The van der Waals surface area contributed by atoms with Crippen LogP contribution in [0.15, 0.2) is 35.6 Å². The van der Waals surface area contributed by atoms with Gasteiger partial charge in [0.1, 0.15) is 0 Å². The molecule has 2 unspecified atom stereocenters. The van der Waals surface area contributed by atoms with Gasteiger partial charge in [-0.3, -0.25) is 0 Å². The van der Waals surface area contributed by atoms with E-state index in [4.69, 9.17) is 15.1 Å². The molecule has 7 heteroatoms. The maximum Gasteiger partial charge on any atom is 0.354 e. The molecule has 1 aliphatic heterocycles. The fourth-order valence-corrected chi connectivity index (χ4v) is 2.50. The fourth-order valence-electron chi connectivity index (χ4n) is 2.50. The third kappa shape index (κ3) is 2.33. The van der Waals surface area contributed by atoms with Crippen molar-refractivity contribution in [3.05, 3.63) is 36.0 Å². The molecule has 3 rings (SSSR count). The molecule has 0 saturated heterocycles. The Kier molecular flexibility index (Phi) is 3.09. The van der Waals surface area contributed by atoms with Crippen molar-refractivity contribution in [2.75, 3.05) is 0 Å². The van der Waals surface area contributed by atoms with E-state index in [1.165, 1.54) is 0 Å². The Labute approximate surface area is 118 Å². The summed E-state index contributed by atoms with van der Waals surface area (Å²) in [6.45, 7) is 0. The number of benzene rings is 1. The van der Waals surface area contributed by atoms with Gasteiger partial charge in [-0.25, -0.2) is 9.59 Å². The number of aromatic nitrogens is 1. The molecule has 2 aromatic rings. The van der Waals surface area contributed by atoms with Crippen LogP contribution in [-0.2, 0) is 20.8 Å². The van der Waals surface area contributed by atoms with Crippen molar-refractivity contribution in [2.24, 2.45) is 11.1 Å². The summed E-state index contributed by atoms with van der Waals surface area (Å²) in [5.74, 6) is -3.29. The fraction of sp³-hybridized carbons (Fsp3) is 0.214. The van der Waals surface area contributed by atoms with E-state index >= 15 is 0 Å². The molecule has 2 heterocycles. The second-order valence-electron chi connectivity index (χ2n) is 4.86. The predicted molar refractivity (Wildman–Crippen MR) is 73.1 cm³/mol. The molecule has 0 spiro atoms. The average Bonchev–Trinajstić information content (AvgIpc) is 3.04. The van der Waals surface area contributed by atoms with Crippen LogP contribution in [0.5, 0.6) is 0 Å². The highest BCUT2D eigenvalue weighted by Crippen LogP contribution is 2.25. The van der Waals surface area contributed by atoms with E-state index in [1.807, 2.05) is 24.3 Å². The molecule has 7 nitrogen and oxygen atoms in total. The van der Waals surface area contributed by atoms with Crippen molar-refractivity contribution in [3.8, 4) is 0 Å². The van der Waals surface area contributed by atoms with Gasteiger partial charge in [0.25, 0.3) is 0 Å². The predicted octanol–water partition coefficient (Wildman–Crippen LogP) is 1.25. The first kappa shape index (κ1) is 13.2. The molecule has 0 bridgehead atoms. The number of carboxylic acid groups (broad SMARTS) is 2. The highest BCUT2D eigenvalue weighted by atomic mass is 16.7. The molecule has 0 amide bonds. The van der Waals surface area contributed by atoms with Gasteiger partial charge in [-0.15, -0.1) is 0 Å². The first-order valence-electron chi connectivity index (χ1n) is 6.32. The molecule has 2 atom stereocenters. The molecular formula is C14H12N2O5. The average molecular weight is 288 g/mol. The zero-order chi connectivity index (χ0) is 15.0. The van der Waals surface area contributed by atoms with Gasteiger partial charge in [0.15, 0.2) is 5.71 Å². The molecule has 1 aromatic carbocycles. The summed E-state index contributed by atoms with van der Waals surface area (Å²) >= 11 is 0. The van der Waals surface area contributed by atoms with Gasteiger partial charge in [-0.05, 0) is 35.6 Å². The highest BCUT2D eigenvalue weighted by molar-refractivity contribution is 6.37. The first-order chi connectivity index (χ1) is 10.1. The van der Waals surface area contributed by atoms with E-state index < -0.39 is 24.0 Å². The largest absolute Gasteiger partial charge is 0.478 e. The van der Waals surface area contributed by atoms with Gasteiger partial charge in [-0.2, -0.15) is 0 Å². The van der Waals surface area contributed by atoms with Gasteiger partial charge in [0, 0.05) is 11.7 Å². The molecule has 0 radical (unpaired) electrons. The summed E-state index contributed by atoms with van der Waals surface area (Å²) in [5.41, 5.74) is 1.54. The lowest BCUT2D eigenvalue weighted by molar-refractivity contribution is -0.150. The Hall–Kier alpha value is -2.83. The van der Waals surface area contributed by atoms with Crippen LogP contribution in [0.3, 0.4) is 0 Å². The van der Waals surface area contributed by atoms with Gasteiger partial charge < -0.3 is 20.0 Å². The summed E-state index contributed by atoms with van der Waals surface area (Å²) in [6.07, 6.45) is 0.776. The summed E-state index contributed by atoms with van der Waals surface area (Å²) < 4.78 is 0. The highest BCUT2D eigenvalue weighted by Gasteiger charge is 2.42. The Morgan fingerprint density at radius 2 is 2.10 bits per heavy atom. The number of aromatic amines is 1. The molecule has 1 aromatic heterocycles. The molecule has 0 saturated carbocycles. The maximum absolute atomic E-state index is 11.1. The van der Waals surface area contributed by atoms with E-state index in [9.17, 15) is 9.59 Å². The van der Waals surface area contributed by atoms with Gasteiger partial charge in [0.05, 0.1) is 5.92 Å². The van der Waals surface area contributed by atoms with Crippen molar-refractivity contribution < 1.29 is 24.6 Å². The van der Waals surface area contributed by atoms with Gasteiger partial charge >= 0.3 is 11.9 Å². The zero-order valence-corrected chi connectivity index (χ0v) is 10.8. The Morgan fingerprint density at radius 3 is 2.81 bits per heavy atom. The number of rotatable bonds is 4. The van der Waals surface area contributed by atoms with Crippen LogP contribution in [0.4, 0.5) is 0 Å². The number of carboxylic acids is 2. The van der Waals surface area contributed by atoms with E-state index in [2.05, 4.69) is 10.1 Å². The maximum atomic E-state index is 11.1. The van der Waals surface area contributed by atoms with Gasteiger partial charge in [-0.1, -0.05) is 11.2 Å². The number of aliphatic carboxylic acids is 2. The molecule has 3 N–H and O–H groups in total. The lowest BCUT2D eigenvalue weighted by Gasteiger charge is -2.14. The standard InChI is InChI=1S/C14H12N2O5/c17-13(18)11-9(12(14(19)20)21-16-11)6-7-1-2-10-8(5-7)3-4-15-10/h1-5,9,12,15H,6H2,(H,17,18)(H,19,20). The first-order valence-corrected chi connectivity index (χ1v) is 6.32. The normalized spacial score (nSPS) is 21.0. The van der Waals surface area contributed by atoms with Crippen molar-refractivity contribution in [1.29, 1.82) is 0 Å². The van der Waals surface area contributed by atoms with Crippen LogP contribution in [0.2, 0.25) is 0 Å². The number of fused-ring (bicyclic) bond motifs is 1. The van der Waals surface area contributed by atoms with Crippen LogP contribution in [-0.4, -0.2) is 39.0 Å². The van der Waals surface area contributed by atoms with E-state index in [1.54, 1.807) is 6.20 Å². The summed E-state index contributed by atoms with van der Waals surface area (Å²) in [5, 5.41) is 22.6. The molecule has 21 heavy (non-hydrogen) atoms. The Balaban J connectivity index is 1.90. The van der Waals surface area contributed by atoms with Crippen LogP contribution in [0, 0.1) is 5.92 Å². The molecule has 1 aliphatic rings. The van der Waals surface area contributed by atoms with E-state index in [0.29, 0.717) is 0 Å². The lowest BCUT2D eigenvalue weighted by Crippen LogP contribution is -2.35. The van der Waals surface area contributed by atoms with Crippen LogP contribution in [0.25, 0.3) is 10.9 Å². The molecule has 0 fully saturated rings. The monoisotopic (exact) mass is 288 g/mol. The van der Waals surface area contributed by atoms with Crippen molar-refractivity contribution >= 4 is 28.6 Å². The van der Waals surface area contributed by atoms with Crippen molar-refractivity contribution in [2.45, 2.75) is 12.5 Å². The van der Waals surface area contributed by atoms with Crippen molar-refractivity contribution in [3.63, 3.8) is 0 Å². The third-order valence-corrected chi connectivity index (χ3v) is 3.52. The summed E-state index contributed by atoms with van der Waals surface area (Å²) in [6, 6.07) is 7.48. The number of hydrogen-bond donors (Lipinski definition) is 3. The Morgan fingerprint density at radius 1 is 1.29 bits per heavy atom.